The quantitative estimate of drug-likeness (QED) is 0.920. The van der Waals surface area contributed by atoms with Gasteiger partial charge in [0.2, 0.25) is 0 Å². The molecule has 20 heavy (non-hydrogen) atoms. The number of carbonyl (C=O) groups is 1. The normalized spacial score (nSPS) is 23.6. The van der Waals surface area contributed by atoms with Crippen LogP contribution in [0.15, 0.2) is 18.2 Å². The SMILES string of the molecule is Cc1cc(C(=O)O)ccc1OC1CC(C)(C)OC1(C)C. The summed E-state index contributed by atoms with van der Waals surface area (Å²) in [7, 11) is 0. The fraction of sp³-hybridized carbons (Fsp3) is 0.562. The van der Waals surface area contributed by atoms with Gasteiger partial charge in [-0.3, -0.25) is 0 Å². The highest BCUT2D eigenvalue weighted by Gasteiger charge is 2.47. The highest BCUT2D eigenvalue weighted by atomic mass is 16.6. The van der Waals surface area contributed by atoms with Gasteiger partial charge in [0.25, 0.3) is 0 Å². The molecule has 0 bridgehead atoms. The summed E-state index contributed by atoms with van der Waals surface area (Å²) < 4.78 is 12.1. The predicted molar refractivity (Wildman–Crippen MR) is 76.4 cm³/mol. The standard InChI is InChI=1S/C16H22O4/c1-10-8-11(14(17)18)6-7-12(10)19-13-9-15(2,3)20-16(13,4)5/h6-8,13H,9H2,1-5H3,(H,17,18). The smallest absolute Gasteiger partial charge is 0.335 e. The lowest BCUT2D eigenvalue weighted by Gasteiger charge is -2.28. The molecule has 1 saturated heterocycles. The Morgan fingerprint density at radius 3 is 2.45 bits per heavy atom. The molecule has 1 aliphatic rings. The third-order valence-electron chi connectivity index (χ3n) is 3.68. The van der Waals surface area contributed by atoms with E-state index in [0.29, 0.717) is 0 Å². The molecule has 4 nitrogen and oxygen atoms in total. The lowest BCUT2D eigenvalue weighted by atomic mass is 9.97. The molecule has 0 aliphatic carbocycles. The fourth-order valence-electron chi connectivity index (χ4n) is 2.76. The van der Waals surface area contributed by atoms with Gasteiger partial charge in [-0.05, 0) is 58.4 Å². The molecule has 1 N–H and O–H groups in total. The van der Waals surface area contributed by atoms with E-state index in [1.807, 2.05) is 20.8 Å². The molecule has 1 heterocycles. The van der Waals surface area contributed by atoms with Crippen LogP contribution in [-0.2, 0) is 4.74 Å². The van der Waals surface area contributed by atoms with Gasteiger partial charge in [0.15, 0.2) is 0 Å². The van der Waals surface area contributed by atoms with Crippen molar-refractivity contribution in [2.75, 3.05) is 0 Å². The Morgan fingerprint density at radius 1 is 1.35 bits per heavy atom. The van der Waals surface area contributed by atoms with Crippen molar-refractivity contribution < 1.29 is 19.4 Å². The van der Waals surface area contributed by atoms with E-state index in [-0.39, 0.29) is 22.9 Å². The van der Waals surface area contributed by atoms with Gasteiger partial charge in [0.05, 0.1) is 11.2 Å². The van der Waals surface area contributed by atoms with E-state index in [1.165, 1.54) is 0 Å². The van der Waals surface area contributed by atoms with Crippen LogP contribution in [0.25, 0.3) is 0 Å². The minimum absolute atomic E-state index is 0.0492. The summed E-state index contributed by atoms with van der Waals surface area (Å²) in [6.07, 6.45) is 0.756. The van der Waals surface area contributed by atoms with Gasteiger partial charge in [0.1, 0.15) is 17.5 Å². The second kappa shape index (κ2) is 4.77. The maximum Gasteiger partial charge on any atom is 0.335 e. The van der Waals surface area contributed by atoms with Crippen molar-refractivity contribution in [3.05, 3.63) is 29.3 Å². The molecule has 1 atom stereocenters. The zero-order valence-electron chi connectivity index (χ0n) is 12.7. The summed E-state index contributed by atoms with van der Waals surface area (Å²) >= 11 is 0. The number of hydrogen-bond donors (Lipinski definition) is 1. The van der Waals surface area contributed by atoms with Crippen molar-refractivity contribution in [3.8, 4) is 5.75 Å². The zero-order chi connectivity index (χ0) is 15.1. The minimum Gasteiger partial charge on any atom is -0.487 e. The number of carboxylic acids is 1. The number of carboxylic acid groups (broad SMARTS) is 1. The monoisotopic (exact) mass is 278 g/mol. The van der Waals surface area contributed by atoms with Crippen LogP contribution in [0, 0.1) is 6.92 Å². The predicted octanol–water partition coefficient (Wildman–Crippen LogP) is 3.42. The Morgan fingerprint density at radius 2 is 2.00 bits per heavy atom. The molecule has 4 heteroatoms. The maximum absolute atomic E-state index is 10.9. The maximum atomic E-state index is 10.9. The summed E-state index contributed by atoms with van der Waals surface area (Å²) in [6.45, 7) is 10.0. The first-order valence-electron chi connectivity index (χ1n) is 6.81. The number of aromatic carboxylic acids is 1. The van der Waals surface area contributed by atoms with E-state index in [9.17, 15) is 4.79 Å². The number of aryl methyl sites for hydroxylation is 1. The van der Waals surface area contributed by atoms with Crippen molar-refractivity contribution in [2.24, 2.45) is 0 Å². The summed E-state index contributed by atoms with van der Waals surface area (Å²) in [5.74, 6) is -0.209. The van der Waals surface area contributed by atoms with Gasteiger partial charge in [-0.25, -0.2) is 4.79 Å². The third kappa shape index (κ3) is 2.96. The average molecular weight is 278 g/mol. The van der Waals surface area contributed by atoms with Crippen LogP contribution < -0.4 is 4.74 Å². The molecule has 2 rings (SSSR count). The van der Waals surface area contributed by atoms with Gasteiger partial charge in [0, 0.05) is 6.42 Å². The van der Waals surface area contributed by atoms with Gasteiger partial charge in [-0.15, -0.1) is 0 Å². The molecule has 110 valence electrons. The van der Waals surface area contributed by atoms with Crippen molar-refractivity contribution in [1.82, 2.24) is 0 Å². The van der Waals surface area contributed by atoms with Crippen molar-refractivity contribution in [1.29, 1.82) is 0 Å². The first kappa shape index (κ1) is 14.9. The molecule has 1 aliphatic heterocycles. The molecule has 1 fully saturated rings. The summed E-state index contributed by atoms with van der Waals surface area (Å²) in [5, 5.41) is 8.98. The summed E-state index contributed by atoms with van der Waals surface area (Å²) in [6, 6.07) is 4.92. The lowest BCUT2D eigenvalue weighted by Crippen LogP contribution is -2.36. The Labute approximate surface area is 119 Å². The van der Waals surface area contributed by atoms with E-state index in [0.717, 1.165) is 17.7 Å². The minimum atomic E-state index is -0.926. The number of hydrogen-bond acceptors (Lipinski definition) is 3. The van der Waals surface area contributed by atoms with Crippen LogP contribution >= 0.6 is 0 Å². The van der Waals surface area contributed by atoms with Crippen LogP contribution in [-0.4, -0.2) is 28.4 Å². The molecule has 0 radical (unpaired) electrons. The Balaban J connectivity index is 2.21. The van der Waals surface area contributed by atoms with Crippen molar-refractivity contribution in [3.63, 3.8) is 0 Å². The first-order valence-corrected chi connectivity index (χ1v) is 6.81. The molecule has 1 aromatic rings. The third-order valence-corrected chi connectivity index (χ3v) is 3.68. The molecular weight excluding hydrogens is 256 g/mol. The Kier molecular flexibility index (Phi) is 3.54. The van der Waals surface area contributed by atoms with Gasteiger partial charge >= 0.3 is 5.97 Å². The van der Waals surface area contributed by atoms with Crippen molar-refractivity contribution in [2.45, 2.75) is 58.3 Å². The molecular formula is C16H22O4. The molecule has 0 amide bonds. The van der Waals surface area contributed by atoms with E-state index in [1.54, 1.807) is 18.2 Å². The van der Waals surface area contributed by atoms with Crippen LogP contribution in [0.4, 0.5) is 0 Å². The lowest BCUT2D eigenvalue weighted by molar-refractivity contribution is -0.0846. The molecule has 1 unspecified atom stereocenters. The second-order valence-electron chi connectivity index (χ2n) is 6.56. The molecule has 1 aromatic carbocycles. The molecule has 0 saturated carbocycles. The Bertz CT molecular complexity index is 531. The van der Waals surface area contributed by atoms with Crippen LogP contribution in [0.5, 0.6) is 5.75 Å². The first-order chi connectivity index (χ1) is 9.11. The Hall–Kier alpha value is -1.55. The van der Waals surface area contributed by atoms with E-state index in [4.69, 9.17) is 14.6 Å². The number of ether oxygens (including phenoxy) is 2. The van der Waals surface area contributed by atoms with Crippen LogP contribution in [0.1, 0.15) is 50.0 Å². The van der Waals surface area contributed by atoms with Gasteiger partial charge < -0.3 is 14.6 Å². The number of benzene rings is 1. The summed E-state index contributed by atoms with van der Waals surface area (Å²) in [4.78, 5) is 10.9. The van der Waals surface area contributed by atoms with Crippen molar-refractivity contribution >= 4 is 5.97 Å². The topological polar surface area (TPSA) is 55.8 Å². The largest absolute Gasteiger partial charge is 0.487 e. The van der Waals surface area contributed by atoms with E-state index >= 15 is 0 Å². The average Bonchev–Trinajstić information content (AvgIpc) is 2.49. The number of rotatable bonds is 3. The van der Waals surface area contributed by atoms with Crippen LogP contribution in [0.2, 0.25) is 0 Å². The summed E-state index contributed by atoms with van der Waals surface area (Å²) in [5.41, 5.74) is 0.535. The fourth-order valence-corrected chi connectivity index (χ4v) is 2.76. The van der Waals surface area contributed by atoms with E-state index in [2.05, 4.69) is 13.8 Å². The zero-order valence-corrected chi connectivity index (χ0v) is 12.7. The second-order valence-corrected chi connectivity index (χ2v) is 6.56. The van der Waals surface area contributed by atoms with E-state index < -0.39 is 5.97 Å². The molecule has 0 aromatic heterocycles. The highest BCUT2D eigenvalue weighted by molar-refractivity contribution is 5.88. The van der Waals surface area contributed by atoms with Gasteiger partial charge in [-0.1, -0.05) is 0 Å². The molecule has 0 spiro atoms. The van der Waals surface area contributed by atoms with Gasteiger partial charge in [-0.2, -0.15) is 0 Å². The van der Waals surface area contributed by atoms with Crippen LogP contribution in [0.3, 0.4) is 0 Å². The highest BCUT2D eigenvalue weighted by Crippen LogP contribution is 2.40.